The number of carbonyl (C=O) groups is 2. The molecule has 2 aromatic carbocycles. The fourth-order valence-corrected chi connectivity index (χ4v) is 16.5. The summed E-state index contributed by atoms with van der Waals surface area (Å²) in [4.78, 5) is 37.4. The van der Waals surface area contributed by atoms with Crippen LogP contribution in [-0.2, 0) is 11.2 Å². The molecule has 2 saturated carbocycles. The Morgan fingerprint density at radius 2 is 1.03 bits per heavy atom. The van der Waals surface area contributed by atoms with E-state index in [1.807, 2.05) is 77.3 Å². The first-order chi connectivity index (χ1) is 31.3. The van der Waals surface area contributed by atoms with Gasteiger partial charge >= 0.3 is 0 Å². The predicted octanol–water partition coefficient (Wildman–Crippen LogP) is 14.0. The summed E-state index contributed by atoms with van der Waals surface area (Å²) in [6.45, 7) is 7.77. The molecule has 0 unspecified atom stereocenters. The number of benzene rings is 2. The number of carbonyl (C=O) groups excluding carboxylic acids is 2. The number of fused-ring (bicyclic) bond motifs is 13. The lowest BCUT2D eigenvalue weighted by Gasteiger charge is -2.41. The molecule has 6 aromatic rings. The van der Waals surface area contributed by atoms with Gasteiger partial charge in [-0.25, -0.2) is 10.1 Å². The van der Waals surface area contributed by atoms with Gasteiger partial charge in [0.1, 0.15) is 40.4 Å². The SMILES string of the molecule is [C-]#[N+]/C(C#N)=C1/C(=C/c2cc3c(s2)-c2sc4c5c(sc4c2C2(CCCCC2)O3)-c2sc(/C=C3\C(=O)c4ccccc4C3=C(C#N)C#N)cc2OC52CCCCC2)C(=O)c2ccccc21. The number of rotatable bonds is 2. The first kappa shape index (κ1) is 39.0. The van der Waals surface area contributed by atoms with Crippen LogP contribution in [0.5, 0.6) is 11.5 Å². The maximum atomic E-state index is 13.9. The number of nitrogens with zero attached hydrogens (tertiary/aromatic N) is 4. The molecule has 6 aliphatic rings. The van der Waals surface area contributed by atoms with Crippen molar-refractivity contribution in [3.63, 3.8) is 0 Å². The van der Waals surface area contributed by atoms with Gasteiger partial charge in [-0.1, -0.05) is 61.4 Å². The fraction of sp³-hybridized carbons (Fsp3) is 0.231. The molecular formula is C52H32N4O4S4. The smallest absolute Gasteiger partial charge is 0.270 e. The first-order valence-corrected chi connectivity index (χ1v) is 24.6. The van der Waals surface area contributed by atoms with Gasteiger partial charge in [-0.05, 0) is 86.8 Å². The zero-order chi connectivity index (χ0) is 43.5. The van der Waals surface area contributed by atoms with Crippen LogP contribution >= 0.6 is 45.3 Å². The van der Waals surface area contributed by atoms with Gasteiger partial charge in [-0.15, -0.1) is 45.3 Å². The zero-order valence-electron chi connectivity index (χ0n) is 34.1. The quantitative estimate of drug-likeness (QED) is 0.0961. The molecule has 2 aliphatic heterocycles. The van der Waals surface area contributed by atoms with Crippen molar-refractivity contribution in [2.45, 2.75) is 75.4 Å². The second-order valence-corrected chi connectivity index (χ2v) is 21.3. The molecule has 4 aliphatic carbocycles. The van der Waals surface area contributed by atoms with E-state index in [1.54, 1.807) is 59.1 Å². The summed E-state index contributed by atoms with van der Waals surface area (Å²) in [6, 6.07) is 24.5. The van der Waals surface area contributed by atoms with Crippen LogP contribution in [0, 0.1) is 40.6 Å². The Labute approximate surface area is 384 Å². The molecule has 0 N–H and O–H groups in total. The monoisotopic (exact) mass is 904 g/mol. The topological polar surface area (TPSA) is 128 Å². The maximum absolute atomic E-state index is 13.9. The number of ketones is 2. The van der Waals surface area contributed by atoms with Crippen molar-refractivity contribution in [3.05, 3.63) is 138 Å². The number of allylic oxidation sites excluding steroid dienone is 6. The molecule has 308 valence electrons. The highest BCUT2D eigenvalue weighted by molar-refractivity contribution is 7.34. The fourth-order valence-electron chi connectivity index (χ4n) is 10.9. The van der Waals surface area contributed by atoms with Crippen molar-refractivity contribution in [1.29, 1.82) is 15.8 Å². The first-order valence-electron chi connectivity index (χ1n) is 21.4. The van der Waals surface area contributed by atoms with Gasteiger partial charge < -0.3 is 9.47 Å². The summed E-state index contributed by atoms with van der Waals surface area (Å²) in [5, 5.41) is 29.9. The van der Waals surface area contributed by atoms with Crippen LogP contribution in [0.15, 0.2) is 83.1 Å². The Bertz CT molecular complexity index is 3190. The van der Waals surface area contributed by atoms with Crippen LogP contribution < -0.4 is 9.47 Å². The highest BCUT2D eigenvalue weighted by Gasteiger charge is 2.51. The van der Waals surface area contributed by atoms with Crippen LogP contribution in [0.25, 0.3) is 57.1 Å². The van der Waals surface area contributed by atoms with Crippen molar-refractivity contribution < 1.29 is 19.1 Å². The van der Waals surface area contributed by atoms with Crippen LogP contribution in [0.4, 0.5) is 0 Å². The van der Waals surface area contributed by atoms with Crippen molar-refractivity contribution in [2.24, 2.45) is 0 Å². The maximum Gasteiger partial charge on any atom is 0.270 e. The molecule has 0 amide bonds. The molecule has 64 heavy (non-hydrogen) atoms. The summed E-state index contributed by atoms with van der Waals surface area (Å²) < 4.78 is 17.0. The van der Waals surface area contributed by atoms with Gasteiger partial charge in [0.15, 0.2) is 11.6 Å². The molecule has 12 rings (SSSR count). The van der Waals surface area contributed by atoms with Gasteiger partial charge in [0, 0.05) is 54.3 Å². The number of hydrogen-bond acceptors (Lipinski definition) is 11. The van der Waals surface area contributed by atoms with Crippen molar-refractivity contribution in [1.82, 2.24) is 0 Å². The number of hydrogen-bond donors (Lipinski definition) is 0. The Balaban J connectivity index is 1.03. The van der Waals surface area contributed by atoms with Gasteiger partial charge in [-0.2, -0.15) is 10.5 Å². The molecule has 0 bridgehead atoms. The molecule has 6 heterocycles. The summed E-state index contributed by atoms with van der Waals surface area (Å²) in [6.07, 6.45) is 13.7. The molecule has 2 spiro atoms. The Kier molecular flexibility index (Phi) is 8.80. The third kappa shape index (κ3) is 5.44. The van der Waals surface area contributed by atoms with Crippen molar-refractivity contribution >= 4 is 89.6 Å². The number of Topliss-reactive ketones (excluding diaryl/α,β-unsaturated/α-hetero) is 2. The molecule has 0 saturated heterocycles. The lowest BCUT2D eigenvalue weighted by Crippen LogP contribution is -2.37. The normalized spacial score (nSPS) is 20.3. The summed E-state index contributed by atoms with van der Waals surface area (Å²) in [5.74, 6) is 1.21. The molecule has 4 aromatic heterocycles. The minimum absolute atomic E-state index is 0.0854. The van der Waals surface area contributed by atoms with E-state index in [4.69, 9.17) is 16.0 Å². The van der Waals surface area contributed by atoms with Crippen LogP contribution in [0.2, 0.25) is 0 Å². The Morgan fingerprint density at radius 1 is 0.594 bits per heavy atom. The van der Waals surface area contributed by atoms with Gasteiger partial charge in [0.25, 0.3) is 5.70 Å². The van der Waals surface area contributed by atoms with Crippen molar-refractivity contribution in [2.75, 3.05) is 0 Å². The van der Waals surface area contributed by atoms with Gasteiger partial charge in [0.2, 0.25) is 0 Å². The number of nitriles is 3. The summed E-state index contributed by atoms with van der Waals surface area (Å²) >= 11 is 6.82. The average Bonchev–Trinajstić information content (AvgIpc) is 4.17. The molecule has 0 atom stereocenters. The Morgan fingerprint density at radius 3 is 1.47 bits per heavy atom. The van der Waals surface area contributed by atoms with E-state index in [-0.39, 0.29) is 22.8 Å². The van der Waals surface area contributed by atoms with E-state index in [9.17, 15) is 25.4 Å². The summed E-state index contributed by atoms with van der Waals surface area (Å²) in [7, 11) is 0. The molecule has 8 nitrogen and oxygen atoms in total. The lowest BCUT2D eigenvalue weighted by molar-refractivity contribution is 0.0257. The molecule has 2 fully saturated rings. The van der Waals surface area contributed by atoms with E-state index >= 15 is 0 Å². The minimum Gasteiger partial charge on any atom is -0.481 e. The van der Waals surface area contributed by atoms with Crippen LogP contribution in [-0.4, -0.2) is 11.6 Å². The van der Waals surface area contributed by atoms with Crippen molar-refractivity contribution in [3.8, 4) is 49.2 Å². The average molecular weight is 905 g/mol. The van der Waals surface area contributed by atoms with Crippen LogP contribution in [0.3, 0.4) is 0 Å². The molecular weight excluding hydrogens is 873 g/mol. The van der Waals surface area contributed by atoms with E-state index in [2.05, 4.69) is 4.85 Å². The minimum atomic E-state index is -0.520. The standard InChI is InChI=1S/C52H32N4O4S4/c1-56-36(26-55)40-31-13-5-7-15-33(31)44(58)35(40)21-29-23-38-46(62-29)48-42(52(60-38)18-10-3-11-19-52)50-49(64-48)41-47(63-50)45-37(59-51(41)16-8-2-9-17-51)22-28(61-45)20-34-39(27(24-53)25-54)30-12-4-6-14-32(30)43(34)57/h4-7,12-15,20-23H,2-3,8-11,16-19H2/b34-20-,35-21-,40-36+. The largest absolute Gasteiger partial charge is 0.481 e. The van der Waals surface area contributed by atoms with E-state index in [0.717, 1.165) is 95.2 Å². The zero-order valence-corrected chi connectivity index (χ0v) is 37.3. The van der Waals surface area contributed by atoms with Gasteiger partial charge in [0.05, 0.1) is 41.5 Å². The highest BCUT2D eigenvalue weighted by atomic mass is 32.1. The predicted molar refractivity (Wildman–Crippen MR) is 252 cm³/mol. The lowest BCUT2D eigenvalue weighted by atomic mass is 9.76. The molecule has 0 radical (unpaired) electrons. The molecule has 12 heteroatoms. The van der Waals surface area contributed by atoms with E-state index < -0.39 is 11.2 Å². The second-order valence-electron chi connectivity index (χ2n) is 17.1. The van der Waals surface area contributed by atoms with Gasteiger partial charge in [-0.3, -0.25) is 9.59 Å². The Hall–Kier alpha value is -6.64. The third-order valence-corrected chi connectivity index (χ3v) is 18.6. The number of ether oxygens (including phenoxy) is 2. The van der Waals surface area contributed by atoms with E-state index in [0.29, 0.717) is 44.5 Å². The second kappa shape index (κ2) is 14.4. The summed E-state index contributed by atoms with van der Waals surface area (Å²) in [5.41, 5.74) is 4.92. The number of thiophene rings is 4. The van der Waals surface area contributed by atoms with E-state index in [1.165, 1.54) is 30.3 Å². The highest BCUT2D eigenvalue weighted by Crippen LogP contribution is 2.66. The van der Waals surface area contributed by atoms with Crippen LogP contribution in [0.1, 0.15) is 117 Å². The third-order valence-electron chi connectivity index (χ3n) is 13.6.